The SMILES string of the molecule is CCC(CBr)(CCCS(C)(=O)=O)c1ccccc1. The van der Waals surface area contributed by atoms with E-state index < -0.39 is 9.84 Å². The highest BCUT2D eigenvalue weighted by Crippen LogP contribution is 2.34. The summed E-state index contributed by atoms with van der Waals surface area (Å²) in [5.74, 6) is 0.272. The van der Waals surface area contributed by atoms with E-state index in [1.54, 1.807) is 0 Å². The van der Waals surface area contributed by atoms with Crippen molar-refractivity contribution in [2.24, 2.45) is 0 Å². The predicted molar refractivity (Wildman–Crippen MR) is 81.1 cm³/mol. The van der Waals surface area contributed by atoms with Crippen LogP contribution in [0.2, 0.25) is 0 Å². The fraction of sp³-hybridized carbons (Fsp3) is 0.571. The molecule has 2 nitrogen and oxygen atoms in total. The zero-order chi connectivity index (χ0) is 13.6. The number of halogens is 1. The van der Waals surface area contributed by atoms with Crippen LogP contribution in [-0.2, 0) is 15.3 Å². The number of benzene rings is 1. The molecule has 0 aliphatic carbocycles. The summed E-state index contributed by atoms with van der Waals surface area (Å²) in [5, 5.41) is 0.865. The second-order valence-corrected chi connectivity index (χ2v) is 7.69. The molecule has 0 N–H and O–H groups in total. The van der Waals surface area contributed by atoms with Crippen molar-refractivity contribution < 1.29 is 8.42 Å². The fourth-order valence-electron chi connectivity index (χ4n) is 2.23. The zero-order valence-electron chi connectivity index (χ0n) is 11.0. The molecule has 1 atom stereocenters. The Labute approximate surface area is 119 Å². The third-order valence-electron chi connectivity index (χ3n) is 3.49. The molecule has 0 aliphatic rings. The minimum absolute atomic E-state index is 0.0476. The lowest BCUT2D eigenvalue weighted by Gasteiger charge is -2.31. The Morgan fingerprint density at radius 1 is 1.22 bits per heavy atom. The molecule has 0 saturated carbocycles. The van der Waals surface area contributed by atoms with Gasteiger partial charge in [-0.25, -0.2) is 8.42 Å². The van der Waals surface area contributed by atoms with Gasteiger partial charge in [0.25, 0.3) is 0 Å². The Balaban J connectivity index is 2.82. The van der Waals surface area contributed by atoms with E-state index in [1.165, 1.54) is 11.8 Å². The minimum atomic E-state index is -2.86. The average molecular weight is 333 g/mol. The van der Waals surface area contributed by atoms with Gasteiger partial charge >= 0.3 is 0 Å². The molecule has 0 aliphatic heterocycles. The number of sulfone groups is 1. The van der Waals surface area contributed by atoms with Crippen molar-refractivity contribution in [3.63, 3.8) is 0 Å². The molecule has 0 saturated heterocycles. The van der Waals surface area contributed by atoms with E-state index in [0.717, 1.165) is 18.2 Å². The van der Waals surface area contributed by atoms with Crippen molar-refractivity contribution in [3.05, 3.63) is 35.9 Å². The minimum Gasteiger partial charge on any atom is -0.229 e. The lowest BCUT2D eigenvalue weighted by molar-refractivity contribution is 0.425. The van der Waals surface area contributed by atoms with E-state index in [1.807, 2.05) is 18.2 Å². The molecular formula is C14H21BrO2S. The molecule has 1 unspecified atom stereocenters. The van der Waals surface area contributed by atoms with E-state index in [2.05, 4.69) is 35.0 Å². The second-order valence-electron chi connectivity index (χ2n) is 4.87. The van der Waals surface area contributed by atoms with Crippen LogP contribution < -0.4 is 0 Å². The van der Waals surface area contributed by atoms with Gasteiger partial charge in [0, 0.05) is 22.8 Å². The molecular weight excluding hydrogens is 312 g/mol. The normalized spacial score (nSPS) is 15.3. The van der Waals surface area contributed by atoms with Crippen molar-refractivity contribution in [2.45, 2.75) is 31.6 Å². The third kappa shape index (κ3) is 4.39. The van der Waals surface area contributed by atoms with E-state index in [9.17, 15) is 8.42 Å². The fourth-order valence-corrected chi connectivity index (χ4v) is 3.90. The second kappa shape index (κ2) is 6.71. The summed E-state index contributed by atoms with van der Waals surface area (Å²) in [4.78, 5) is 0. The summed E-state index contributed by atoms with van der Waals surface area (Å²) in [6.45, 7) is 2.16. The van der Waals surface area contributed by atoms with Gasteiger partial charge in [0.05, 0.1) is 0 Å². The third-order valence-corrected chi connectivity index (χ3v) is 5.59. The summed E-state index contributed by atoms with van der Waals surface area (Å²) in [6, 6.07) is 10.4. The smallest absolute Gasteiger partial charge is 0.147 e. The van der Waals surface area contributed by atoms with Crippen LogP contribution >= 0.6 is 15.9 Å². The summed E-state index contributed by atoms with van der Waals surface area (Å²) in [7, 11) is -2.86. The summed E-state index contributed by atoms with van der Waals surface area (Å²) in [5.41, 5.74) is 1.34. The highest BCUT2D eigenvalue weighted by atomic mass is 79.9. The van der Waals surface area contributed by atoms with Crippen molar-refractivity contribution in [1.29, 1.82) is 0 Å². The molecule has 0 amide bonds. The molecule has 0 aromatic heterocycles. The van der Waals surface area contributed by atoms with E-state index in [-0.39, 0.29) is 11.2 Å². The van der Waals surface area contributed by atoms with Gasteiger partial charge in [-0.05, 0) is 24.8 Å². The topological polar surface area (TPSA) is 34.1 Å². The van der Waals surface area contributed by atoms with Crippen LogP contribution in [0.25, 0.3) is 0 Å². The Bertz CT molecular complexity index is 450. The number of alkyl halides is 1. The van der Waals surface area contributed by atoms with Crippen molar-refractivity contribution >= 4 is 25.8 Å². The van der Waals surface area contributed by atoms with Gasteiger partial charge in [0.1, 0.15) is 9.84 Å². The van der Waals surface area contributed by atoms with E-state index in [4.69, 9.17) is 0 Å². The van der Waals surface area contributed by atoms with Crippen molar-refractivity contribution in [1.82, 2.24) is 0 Å². The highest BCUT2D eigenvalue weighted by molar-refractivity contribution is 9.09. The molecule has 0 spiro atoms. The van der Waals surface area contributed by atoms with Gasteiger partial charge in [-0.1, -0.05) is 53.2 Å². The average Bonchev–Trinajstić information content (AvgIpc) is 2.35. The molecule has 0 heterocycles. The number of rotatable bonds is 7. The maximum Gasteiger partial charge on any atom is 0.147 e. The monoisotopic (exact) mass is 332 g/mol. The summed E-state index contributed by atoms with van der Waals surface area (Å²) < 4.78 is 22.4. The Morgan fingerprint density at radius 2 is 1.83 bits per heavy atom. The maximum absolute atomic E-state index is 11.2. The molecule has 0 radical (unpaired) electrons. The first-order valence-corrected chi connectivity index (χ1v) is 9.41. The quantitative estimate of drug-likeness (QED) is 0.715. The largest absolute Gasteiger partial charge is 0.229 e. The van der Waals surface area contributed by atoms with Gasteiger partial charge in [-0.3, -0.25) is 0 Å². The molecule has 1 rings (SSSR count). The molecule has 1 aromatic rings. The van der Waals surface area contributed by atoms with Crippen molar-refractivity contribution in [2.75, 3.05) is 17.3 Å². The highest BCUT2D eigenvalue weighted by Gasteiger charge is 2.28. The number of hydrogen-bond acceptors (Lipinski definition) is 2. The van der Waals surface area contributed by atoms with Crippen LogP contribution in [0.3, 0.4) is 0 Å². The van der Waals surface area contributed by atoms with Crippen LogP contribution in [0.5, 0.6) is 0 Å². The van der Waals surface area contributed by atoms with E-state index in [0.29, 0.717) is 6.42 Å². The first kappa shape index (κ1) is 15.7. The molecule has 0 bridgehead atoms. The van der Waals surface area contributed by atoms with Crippen LogP contribution in [0.1, 0.15) is 31.7 Å². The summed E-state index contributed by atoms with van der Waals surface area (Å²) >= 11 is 3.60. The molecule has 102 valence electrons. The predicted octanol–water partition coefficient (Wildman–Crippen LogP) is 3.55. The lowest BCUT2D eigenvalue weighted by atomic mass is 9.76. The standard InChI is InChI=1S/C14H21BrO2S/c1-3-14(12-15,10-7-11-18(2,16)17)13-8-5-4-6-9-13/h4-6,8-9H,3,7,10-12H2,1-2H3. The van der Waals surface area contributed by atoms with Gasteiger partial charge in [-0.2, -0.15) is 0 Å². The van der Waals surface area contributed by atoms with Gasteiger partial charge in [-0.15, -0.1) is 0 Å². The number of hydrogen-bond donors (Lipinski definition) is 0. The first-order valence-electron chi connectivity index (χ1n) is 6.23. The van der Waals surface area contributed by atoms with Gasteiger partial charge in [0.15, 0.2) is 0 Å². The van der Waals surface area contributed by atoms with Crippen molar-refractivity contribution in [3.8, 4) is 0 Å². The lowest BCUT2D eigenvalue weighted by Crippen LogP contribution is -2.28. The molecule has 18 heavy (non-hydrogen) atoms. The van der Waals surface area contributed by atoms with Crippen LogP contribution in [-0.4, -0.2) is 25.8 Å². The van der Waals surface area contributed by atoms with Crippen LogP contribution in [0.15, 0.2) is 30.3 Å². The molecule has 0 fully saturated rings. The van der Waals surface area contributed by atoms with Gasteiger partial charge < -0.3 is 0 Å². The molecule has 1 aromatic carbocycles. The zero-order valence-corrected chi connectivity index (χ0v) is 13.4. The van der Waals surface area contributed by atoms with Gasteiger partial charge in [0.2, 0.25) is 0 Å². The summed E-state index contributed by atoms with van der Waals surface area (Å²) in [6.07, 6.45) is 3.92. The first-order chi connectivity index (χ1) is 8.43. The Hall–Kier alpha value is -0.350. The Kier molecular flexibility index (Phi) is 5.86. The van der Waals surface area contributed by atoms with E-state index >= 15 is 0 Å². The van der Waals surface area contributed by atoms with Crippen LogP contribution in [0, 0.1) is 0 Å². The molecule has 4 heteroatoms. The van der Waals surface area contributed by atoms with Crippen LogP contribution in [0.4, 0.5) is 0 Å². The maximum atomic E-state index is 11.2. The Morgan fingerprint density at radius 3 is 2.28 bits per heavy atom.